The zero-order valence-electron chi connectivity index (χ0n) is 14.2. The van der Waals surface area contributed by atoms with Crippen molar-refractivity contribution in [1.82, 2.24) is 14.9 Å². The van der Waals surface area contributed by atoms with E-state index in [1.165, 1.54) is 18.4 Å². The van der Waals surface area contributed by atoms with Crippen LogP contribution in [0.25, 0.3) is 16.6 Å². The molecule has 1 aromatic carbocycles. The average molecular weight is 332 g/mol. The number of nitrogens with zero attached hydrogens (tertiary/aromatic N) is 3. The number of hydrogen-bond acceptors (Lipinski definition) is 4. The summed E-state index contributed by atoms with van der Waals surface area (Å²) in [6, 6.07) is 12.9. The van der Waals surface area contributed by atoms with Crippen molar-refractivity contribution >= 4 is 5.52 Å². The lowest BCUT2D eigenvalue weighted by Gasteiger charge is -2.23. The van der Waals surface area contributed by atoms with Crippen molar-refractivity contribution in [2.45, 2.75) is 18.8 Å². The molecule has 0 spiro atoms. The number of methoxy groups -OCH3 is 1. The van der Waals surface area contributed by atoms with Crippen molar-refractivity contribution in [3.63, 3.8) is 0 Å². The van der Waals surface area contributed by atoms with Crippen LogP contribution < -0.4 is 10.1 Å². The van der Waals surface area contributed by atoms with E-state index < -0.39 is 0 Å². The van der Waals surface area contributed by atoms with Gasteiger partial charge in [0.1, 0.15) is 22.9 Å². The van der Waals surface area contributed by atoms with Crippen LogP contribution in [0.2, 0.25) is 0 Å². The maximum Gasteiger partial charge on any atom is 0.146 e. The van der Waals surface area contributed by atoms with E-state index in [9.17, 15) is 5.26 Å². The number of piperidine rings is 1. The second-order valence-electron chi connectivity index (χ2n) is 6.41. The van der Waals surface area contributed by atoms with E-state index in [0.29, 0.717) is 22.7 Å². The SMILES string of the molecule is COc1cc(-c2ccc(C3CCNCC3)cc2)cn2ncc(C#N)c12. The van der Waals surface area contributed by atoms with E-state index >= 15 is 0 Å². The second kappa shape index (κ2) is 6.58. The molecule has 0 aliphatic carbocycles. The van der Waals surface area contributed by atoms with Crippen molar-refractivity contribution in [3.8, 4) is 22.9 Å². The number of rotatable bonds is 3. The Morgan fingerprint density at radius 3 is 2.64 bits per heavy atom. The summed E-state index contributed by atoms with van der Waals surface area (Å²) in [5.41, 5.74) is 4.77. The van der Waals surface area contributed by atoms with E-state index in [1.807, 2.05) is 12.3 Å². The largest absolute Gasteiger partial charge is 0.494 e. The molecule has 25 heavy (non-hydrogen) atoms. The topological polar surface area (TPSA) is 62.4 Å². The van der Waals surface area contributed by atoms with Gasteiger partial charge in [0.25, 0.3) is 0 Å². The molecule has 5 nitrogen and oxygen atoms in total. The number of benzene rings is 1. The summed E-state index contributed by atoms with van der Waals surface area (Å²) in [6.07, 6.45) is 5.91. The highest BCUT2D eigenvalue weighted by molar-refractivity contribution is 5.75. The molecule has 2 aromatic heterocycles. The minimum Gasteiger partial charge on any atom is -0.494 e. The van der Waals surface area contributed by atoms with Gasteiger partial charge in [-0.1, -0.05) is 24.3 Å². The fourth-order valence-corrected chi connectivity index (χ4v) is 3.58. The first-order valence-electron chi connectivity index (χ1n) is 8.56. The molecule has 0 unspecified atom stereocenters. The summed E-state index contributed by atoms with van der Waals surface area (Å²) >= 11 is 0. The van der Waals surface area contributed by atoms with Gasteiger partial charge < -0.3 is 10.1 Å². The molecule has 1 N–H and O–H groups in total. The van der Waals surface area contributed by atoms with E-state index in [0.717, 1.165) is 24.2 Å². The molecular formula is C20H20N4O. The molecule has 5 heteroatoms. The molecule has 1 saturated heterocycles. The molecule has 3 aromatic rings. The summed E-state index contributed by atoms with van der Waals surface area (Å²) in [7, 11) is 1.62. The van der Waals surface area contributed by atoms with Gasteiger partial charge in [-0.05, 0) is 49.0 Å². The summed E-state index contributed by atoms with van der Waals surface area (Å²) < 4.78 is 7.21. The summed E-state index contributed by atoms with van der Waals surface area (Å²) in [5.74, 6) is 1.31. The molecular weight excluding hydrogens is 312 g/mol. The number of aromatic nitrogens is 2. The smallest absolute Gasteiger partial charge is 0.146 e. The van der Waals surface area contributed by atoms with Crippen LogP contribution in [0.4, 0.5) is 0 Å². The minimum absolute atomic E-state index is 0.518. The third-order valence-electron chi connectivity index (χ3n) is 4.97. The number of nitrogens with one attached hydrogen (secondary N) is 1. The lowest BCUT2D eigenvalue weighted by atomic mass is 9.89. The van der Waals surface area contributed by atoms with Gasteiger partial charge in [-0.2, -0.15) is 10.4 Å². The predicted molar refractivity (Wildman–Crippen MR) is 96.7 cm³/mol. The predicted octanol–water partition coefficient (Wildman–Crippen LogP) is 3.35. The van der Waals surface area contributed by atoms with Crippen LogP contribution in [0.1, 0.15) is 29.9 Å². The maximum atomic E-state index is 9.22. The highest BCUT2D eigenvalue weighted by Crippen LogP contribution is 2.31. The molecule has 0 radical (unpaired) electrons. The minimum atomic E-state index is 0.518. The summed E-state index contributed by atoms with van der Waals surface area (Å²) in [5, 5.41) is 16.9. The lowest BCUT2D eigenvalue weighted by molar-refractivity contribution is 0.417. The molecule has 0 amide bonds. The first kappa shape index (κ1) is 15.7. The Morgan fingerprint density at radius 2 is 1.96 bits per heavy atom. The molecule has 0 bridgehead atoms. The van der Waals surface area contributed by atoms with Crippen molar-refractivity contribution < 1.29 is 4.74 Å². The van der Waals surface area contributed by atoms with Gasteiger partial charge in [-0.15, -0.1) is 0 Å². The number of ether oxygens (including phenoxy) is 1. The van der Waals surface area contributed by atoms with Gasteiger partial charge in [0.2, 0.25) is 0 Å². The van der Waals surface area contributed by atoms with Crippen LogP contribution in [-0.2, 0) is 0 Å². The van der Waals surface area contributed by atoms with Crippen LogP contribution in [-0.4, -0.2) is 29.8 Å². The highest BCUT2D eigenvalue weighted by Gasteiger charge is 2.16. The lowest BCUT2D eigenvalue weighted by Crippen LogP contribution is -2.26. The van der Waals surface area contributed by atoms with E-state index in [2.05, 4.69) is 40.8 Å². The van der Waals surface area contributed by atoms with Crippen LogP contribution in [0.15, 0.2) is 42.7 Å². The Bertz CT molecular complexity index is 931. The number of fused-ring (bicyclic) bond motifs is 1. The van der Waals surface area contributed by atoms with Crippen molar-refractivity contribution in [2.24, 2.45) is 0 Å². The fraction of sp³-hybridized carbons (Fsp3) is 0.300. The third kappa shape index (κ3) is 2.86. The highest BCUT2D eigenvalue weighted by atomic mass is 16.5. The normalized spacial score (nSPS) is 15.2. The maximum absolute atomic E-state index is 9.22. The Hall–Kier alpha value is -2.84. The van der Waals surface area contributed by atoms with Gasteiger partial charge in [0.15, 0.2) is 0 Å². The Balaban J connectivity index is 1.70. The molecule has 1 fully saturated rings. The van der Waals surface area contributed by atoms with Gasteiger partial charge in [0, 0.05) is 11.8 Å². The molecule has 0 saturated carbocycles. The summed E-state index contributed by atoms with van der Waals surface area (Å²) in [4.78, 5) is 0. The van der Waals surface area contributed by atoms with E-state index in [4.69, 9.17) is 4.74 Å². The zero-order chi connectivity index (χ0) is 17.2. The number of nitriles is 1. The molecule has 4 rings (SSSR count). The quantitative estimate of drug-likeness (QED) is 0.799. The van der Waals surface area contributed by atoms with Gasteiger partial charge in [-0.3, -0.25) is 0 Å². The second-order valence-corrected chi connectivity index (χ2v) is 6.41. The molecule has 1 aliphatic heterocycles. The molecule has 3 heterocycles. The summed E-state index contributed by atoms with van der Waals surface area (Å²) in [6.45, 7) is 2.20. The Labute approximate surface area is 146 Å². The molecule has 1 aliphatic rings. The fourth-order valence-electron chi connectivity index (χ4n) is 3.58. The average Bonchev–Trinajstić information content (AvgIpc) is 3.11. The van der Waals surface area contributed by atoms with Gasteiger partial charge in [0.05, 0.1) is 13.3 Å². The zero-order valence-corrected chi connectivity index (χ0v) is 14.2. The van der Waals surface area contributed by atoms with Gasteiger partial charge >= 0.3 is 0 Å². The third-order valence-corrected chi connectivity index (χ3v) is 4.97. The van der Waals surface area contributed by atoms with E-state index in [1.54, 1.807) is 17.8 Å². The first-order valence-corrected chi connectivity index (χ1v) is 8.56. The van der Waals surface area contributed by atoms with E-state index in [-0.39, 0.29) is 0 Å². The van der Waals surface area contributed by atoms with Crippen LogP contribution in [0.3, 0.4) is 0 Å². The molecule has 0 atom stereocenters. The van der Waals surface area contributed by atoms with Crippen LogP contribution in [0, 0.1) is 11.3 Å². The van der Waals surface area contributed by atoms with Crippen LogP contribution in [0.5, 0.6) is 5.75 Å². The standard InChI is InChI=1S/C20H20N4O/c1-25-19-10-17(13-24-20(19)18(11-21)12-23-24)15-4-2-14(3-5-15)16-6-8-22-9-7-16/h2-5,10,12-13,16,22H,6-9H2,1H3. The molecule has 126 valence electrons. The number of pyridine rings is 1. The van der Waals surface area contributed by atoms with Crippen molar-refractivity contribution in [3.05, 3.63) is 53.9 Å². The Morgan fingerprint density at radius 1 is 1.20 bits per heavy atom. The van der Waals surface area contributed by atoms with Gasteiger partial charge in [-0.25, -0.2) is 4.52 Å². The Kier molecular flexibility index (Phi) is 4.12. The van der Waals surface area contributed by atoms with Crippen LogP contribution >= 0.6 is 0 Å². The monoisotopic (exact) mass is 332 g/mol. The first-order chi connectivity index (χ1) is 12.3. The number of hydrogen-bond donors (Lipinski definition) is 1. The van der Waals surface area contributed by atoms with Crippen molar-refractivity contribution in [1.29, 1.82) is 5.26 Å². The van der Waals surface area contributed by atoms with Crippen molar-refractivity contribution in [2.75, 3.05) is 20.2 Å².